The number of carbonyl (C=O) groups is 3. The number of esters is 1. The van der Waals surface area contributed by atoms with Crippen molar-refractivity contribution in [2.45, 2.75) is 39.8 Å². The molecule has 0 aliphatic rings. The largest absolute Gasteiger partial charge is 0.453 e. The number of Topliss-reactive ketones (excluding diaryl/α,β-unsaturated/α-hetero) is 1. The molecule has 0 saturated carbocycles. The molecule has 29 heavy (non-hydrogen) atoms. The molecule has 0 spiro atoms. The van der Waals surface area contributed by atoms with E-state index in [1.54, 1.807) is 18.2 Å². The van der Waals surface area contributed by atoms with Gasteiger partial charge in [-0.25, -0.2) is 4.79 Å². The highest BCUT2D eigenvalue weighted by Gasteiger charge is 2.27. The molecule has 6 nitrogen and oxygen atoms in total. The number of aromatic amines is 1. The predicted octanol–water partition coefficient (Wildman–Crippen LogP) is 3.72. The van der Waals surface area contributed by atoms with E-state index in [0.29, 0.717) is 11.1 Å². The van der Waals surface area contributed by atoms with Gasteiger partial charge in [-0.2, -0.15) is 0 Å². The van der Waals surface area contributed by atoms with Crippen LogP contribution < -0.4 is 5.32 Å². The van der Waals surface area contributed by atoms with Gasteiger partial charge in [0.25, 0.3) is 5.91 Å². The molecule has 1 amide bonds. The molecule has 3 aromatic rings. The van der Waals surface area contributed by atoms with Crippen LogP contribution in [0.1, 0.15) is 45.8 Å². The second kappa shape index (κ2) is 8.31. The Morgan fingerprint density at radius 2 is 1.72 bits per heavy atom. The first-order valence-corrected chi connectivity index (χ1v) is 9.47. The van der Waals surface area contributed by atoms with Gasteiger partial charge in [-0.05, 0) is 45.9 Å². The molecule has 0 fully saturated rings. The quantitative estimate of drug-likeness (QED) is 0.494. The van der Waals surface area contributed by atoms with Crippen molar-refractivity contribution in [2.75, 3.05) is 0 Å². The van der Waals surface area contributed by atoms with Crippen molar-refractivity contribution in [3.63, 3.8) is 0 Å². The number of aryl methyl sites for hydroxylation is 2. The summed E-state index contributed by atoms with van der Waals surface area (Å²) in [5.41, 5.74) is 3.49. The van der Waals surface area contributed by atoms with Crippen molar-refractivity contribution in [3.8, 4) is 0 Å². The van der Waals surface area contributed by atoms with Crippen LogP contribution in [0.3, 0.4) is 0 Å². The van der Waals surface area contributed by atoms with Gasteiger partial charge in [0.05, 0.1) is 0 Å². The average molecular weight is 392 g/mol. The predicted molar refractivity (Wildman–Crippen MR) is 111 cm³/mol. The zero-order valence-corrected chi connectivity index (χ0v) is 16.9. The minimum absolute atomic E-state index is 0.287. The number of ether oxygens (including phenoxy) is 1. The molecule has 3 rings (SSSR count). The molecule has 0 aliphatic carbocycles. The van der Waals surface area contributed by atoms with Crippen molar-refractivity contribution in [1.29, 1.82) is 0 Å². The fraction of sp³-hybridized carbons (Fsp3) is 0.261. The van der Waals surface area contributed by atoms with Gasteiger partial charge in [0, 0.05) is 27.7 Å². The van der Waals surface area contributed by atoms with Gasteiger partial charge >= 0.3 is 5.97 Å². The van der Waals surface area contributed by atoms with Crippen LogP contribution in [0.5, 0.6) is 0 Å². The Morgan fingerprint density at radius 1 is 1.00 bits per heavy atom. The molecule has 150 valence electrons. The molecular formula is C23H24N2O4. The van der Waals surface area contributed by atoms with Gasteiger partial charge in [-0.1, -0.05) is 35.9 Å². The zero-order valence-electron chi connectivity index (χ0n) is 16.9. The van der Waals surface area contributed by atoms with Crippen LogP contribution in [0.25, 0.3) is 10.9 Å². The maximum absolute atomic E-state index is 12.9. The van der Waals surface area contributed by atoms with E-state index in [2.05, 4.69) is 10.3 Å². The topological polar surface area (TPSA) is 88.3 Å². The first-order valence-electron chi connectivity index (χ1n) is 9.47. The summed E-state index contributed by atoms with van der Waals surface area (Å²) < 4.78 is 5.35. The number of nitrogens with one attached hydrogen (secondary N) is 2. The summed E-state index contributed by atoms with van der Waals surface area (Å²) in [4.78, 5) is 40.8. The van der Waals surface area contributed by atoms with E-state index in [4.69, 9.17) is 4.74 Å². The Balaban J connectivity index is 1.67. The van der Waals surface area contributed by atoms with Crippen LogP contribution in [0.4, 0.5) is 0 Å². The number of rotatable bonds is 6. The minimum atomic E-state index is -0.973. The van der Waals surface area contributed by atoms with Crippen molar-refractivity contribution in [1.82, 2.24) is 10.3 Å². The molecule has 0 unspecified atom stereocenters. The normalized spacial score (nSPS) is 13.0. The molecule has 1 heterocycles. The second-order valence-electron chi connectivity index (χ2n) is 7.18. The first-order chi connectivity index (χ1) is 13.8. The molecule has 2 N–H and O–H groups in total. The number of fused-ring (bicyclic) bond motifs is 1. The fourth-order valence-electron chi connectivity index (χ4n) is 3.25. The highest BCUT2D eigenvalue weighted by atomic mass is 16.5. The summed E-state index contributed by atoms with van der Waals surface area (Å²) >= 11 is 0. The van der Waals surface area contributed by atoms with Gasteiger partial charge in [0.1, 0.15) is 6.04 Å². The summed E-state index contributed by atoms with van der Waals surface area (Å²) in [6, 6.07) is 13.7. The molecule has 0 radical (unpaired) electrons. The lowest BCUT2D eigenvalue weighted by atomic mass is 10.0. The van der Waals surface area contributed by atoms with E-state index in [9.17, 15) is 14.4 Å². The number of carbonyl (C=O) groups excluding carboxylic acids is 3. The monoisotopic (exact) mass is 392 g/mol. The van der Waals surface area contributed by atoms with Crippen molar-refractivity contribution in [2.24, 2.45) is 0 Å². The van der Waals surface area contributed by atoms with Gasteiger partial charge < -0.3 is 15.0 Å². The Labute approximate surface area is 169 Å². The van der Waals surface area contributed by atoms with E-state index < -0.39 is 18.1 Å². The third-order valence-corrected chi connectivity index (χ3v) is 4.78. The lowest BCUT2D eigenvalue weighted by molar-refractivity contribution is -0.148. The van der Waals surface area contributed by atoms with Crippen LogP contribution in [0.2, 0.25) is 0 Å². The Bertz CT molecular complexity index is 1080. The smallest absolute Gasteiger partial charge is 0.329 e. The number of hydrogen-bond acceptors (Lipinski definition) is 4. The maximum Gasteiger partial charge on any atom is 0.329 e. The van der Waals surface area contributed by atoms with Crippen LogP contribution in [-0.4, -0.2) is 34.8 Å². The zero-order chi connectivity index (χ0) is 21.1. The van der Waals surface area contributed by atoms with E-state index in [-0.39, 0.29) is 11.7 Å². The van der Waals surface area contributed by atoms with Gasteiger partial charge in [0.15, 0.2) is 6.10 Å². The van der Waals surface area contributed by atoms with Crippen LogP contribution in [0, 0.1) is 13.8 Å². The molecule has 0 saturated heterocycles. The van der Waals surface area contributed by atoms with Crippen LogP contribution in [-0.2, 0) is 9.53 Å². The molecule has 0 aliphatic heterocycles. The number of H-pyrrole nitrogens is 1. The van der Waals surface area contributed by atoms with Gasteiger partial charge in [-0.15, -0.1) is 0 Å². The average Bonchev–Trinajstić information content (AvgIpc) is 3.02. The maximum atomic E-state index is 12.9. The summed E-state index contributed by atoms with van der Waals surface area (Å²) in [7, 11) is 0. The highest BCUT2D eigenvalue weighted by Crippen LogP contribution is 2.24. The summed E-state index contributed by atoms with van der Waals surface area (Å²) in [6.45, 7) is 6.77. The van der Waals surface area contributed by atoms with E-state index in [1.165, 1.54) is 13.8 Å². The number of para-hydroxylation sites is 1. The molecule has 2 atom stereocenters. The Kier molecular flexibility index (Phi) is 5.82. The first kappa shape index (κ1) is 20.3. The minimum Gasteiger partial charge on any atom is -0.453 e. The highest BCUT2D eigenvalue weighted by molar-refractivity contribution is 6.11. The Morgan fingerprint density at radius 3 is 2.45 bits per heavy atom. The lowest BCUT2D eigenvalue weighted by Crippen LogP contribution is -2.41. The number of aromatic nitrogens is 1. The summed E-state index contributed by atoms with van der Waals surface area (Å²) in [5.74, 6) is -1.32. The summed E-state index contributed by atoms with van der Waals surface area (Å²) in [6.07, 6.45) is -0.973. The lowest BCUT2D eigenvalue weighted by Gasteiger charge is -2.17. The fourth-order valence-corrected chi connectivity index (χ4v) is 3.25. The number of hydrogen-bond donors (Lipinski definition) is 2. The van der Waals surface area contributed by atoms with Gasteiger partial charge in [-0.3, -0.25) is 9.59 Å². The van der Waals surface area contributed by atoms with E-state index in [0.717, 1.165) is 22.2 Å². The van der Waals surface area contributed by atoms with Crippen molar-refractivity contribution < 1.29 is 19.1 Å². The number of benzene rings is 2. The van der Waals surface area contributed by atoms with Crippen molar-refractivity contribution >= 4 is 28.6 Å². The molecule has 6 heteroatoms. The second-order valence-corrected chi connectivity index (χ2v) is 7.18. The molecule has 0 bridgehead atoms. The molecular weight excluding hydrogens is 368 g/mol. The van der Waals surface area contributed by atoms with Crippen LogP contribution in [0.15, 0.2) is 48.5 Å². The standard InChI is InChI=1S/C23H24N2O4/c1-13-8-7-9-17(12-13)22(27)25-15(3)23(28)29-16(4)21(26)20-14(2)24-19-11-6-5-10-18(19)20/h5-12,15-16,24H,1-4H3,(H,25,27)/t15-,16-/m0/s1. The SMILES string of the molecule is Cc1cccc(C(=O)N[C@@H](C)C(=O)O[C@@H](C)C(=O)c2c(C)[nH]c3ccccc23)c1. The number of ketones is 1. The van der Waals surface area contributed by atoms with E-state index >= 15 is 0 Å². The van der Waals surface area contributed by atoms with Gasteiger partial charge in [0.2, 0.25) is 5.78 Å². The van der Waals surface area contributed by atoms with E-state index in [1.807, 2.05) is 44.2 Å². The third kappa shape index (κ3) is 4.37. The summed E-state index contributed by atoms with van der Waals surface area (Å²) in [5, 5.41) is 3.40. The molecule has 1 aromatic heterocycles. The molecule has 2 aromatic carbocycles. The third-order valence-electron chi connectivity index (χ3n) is 4.78. The number of amides is 1. The van der Waals surface area contributed by atoms with Crippen LogP contribution >= 0.6 is 0 Å². The Hall–Kier alpha value is -3.41. The van der Waals surface area contributed by atoms with Crippen molar-refractivity contribution in [3.05, 3.63) is 70.9 Å².